The van der Waals surface area contributed by atoms with E-state index in [0.29, 0.717) is 22.3 Å². The summed E-state index contributed by atoms with van der Waals surface area (Å²) in [7, 11) is 0. The summed E-state index contributed by atoms with van der Waals surface area (Å²) in [4.78, 5) is 10.6. The zero-order valence-corrected chi connectivity index (χ0v) is 8.88. The van der Waals surface area contributed by atoms with E-state index in [1.807, 2.05) is 0 Å². The smallest absolute Gasteiger partial charge is 0.329 e. The molecule has 1 aromatic rings. The predicted molar refractivity (Wildman–Crippen MR) is 58.7 cm³/mol. The SMILES string of the molecule is O=C(O)/C=C/Nc1ccccc1SC(F)F. The molecule has 6 heteroatoms. The highest BCUT2D eigenvalue weighted by Crippen LogP contribution is 2.31. The fourth-order valence-corrected chi connectivity index (χ4v) is 1.59. The molecule has 0 aromatic heterocycles. The summed E-state index contributed by atoms with van der Waals surface area (Å²) < 4.78 is 24.3. The normalized spacial score (nSPS) is 10.9. The molecule has 0 heterocycles. The van der Waals surface area contributed by atoms with E-state index in [0.717, 1.165) is 6.08 Å². The average Bonchev–Trinajstić information content (AvgIpc) is 2.19. The van der Waals surface area contributed by atoms with Gasteiger partial charge in [0.2, 0.25) is 0 Å². The third-order valence-electron chi connectivity index (χ3n) is 1.57. The molecule has 16 heavy (non-hydrogen) atoms. The molecule has 1 rings (SSSR count). The highest BCUT2D eigenvalue weighted by atomic mass is 32.2. The minimum Gasteiger partial charge on any atom is -0.478 e. The van der Waals surface area contributed by atoms with Crippen molar-refractivity contribution in [1.29, 1.82) is 0 Å². The summed E-state index contributed by atoms with van der Waals surface area (Å²) in [5.74, 6) is -3.61. The molecule has 1 aromatic carbocycles. The highest BCUT2D eigenvalue weighted by Gasteiger charge is 2.08. The number of rotatable bonds is 5. The molecule has 0 aliphatic heterocycles. The summed E-state index contributed by atoms with van der Waals surface area (Å²) in [6.07, 6.45) is 2.08. The van der Waals surface area contributed by atoms with Gasteiger partial charge in [-0.1, -0.05) is 23.9 Å². The van der Waals surface area contributed by atoms with Gasteiger partial charge in [-0.05, 0) is 12.1 Å². The predicted octanol–water partition coefficient (Wildman–Crippen LogP) is 3.01. The standard InChI is InChI=1S/C10H9F2NO2S/c11-10(12)16-8-4-2-1-3-7(8)13-6-5-9(14)15/h1-6,10,13H,(H,14,15)/b6-5+. The molecular weight excluding hydrogens is 236 g/mol. The van der Waals surface area contributed by atoms with Crippen molar-refractivity contribution in [2.45, 2.75) is 10.7 Å². The van der Waals surface area contributed by atoms with E-state index in [-0.39, 0.29) is 0 Å². The van der Waals surface area contributed by atoms with Gasteiger partial charge in [0.05, 0.1) is 5.69 Å². The number of thioether (sulfide) groups is 1. The summed E-state index contributed by atoms with van der Waals surface area (Å²) in [6, 6.07) is 6.44. The number of alkyl halides is 2. The minimum absolute atomic E-state index is 0.368. The molecule has 3 nitrogen and oxygen atoms in total. The molecule has 0 spiro atoms. The number of halogens is 2. The second-order valence-corrected chi connectivity index (χ2v) is 3.72. The number of anilines is 1. The van der Waals surface area contributed by atoms with Crippen LogP contribution in [0, 0.1) is 0 Å². The fourth-order valence-electron chi connectivity index (χ4n) is 0.987. The van der Waals surface area contributed by atoms with E-state index in [4.69, 9.17) is 5.11 Å². The number of aliphatic carboxylic acids is 1. The van der Waals surface area contributed by atoms with Crippen LogP contribution in [0.3, 0.4) is 0 Å². The van der Waals surface area contributed by atoms with E-state index in [9.17, 15) is 13.6 Å². The highest BCUT2D eigenvalue weighted by molar-refractivity contribution is 7.99. The monoisotopic (exact) mass is 245 g/mol. The van der Waals surface area contributed by atoms with Crippen LogP contribution in [-0.2, 0) is 4.79 Å². The van der Waals surface area contributed by atoms with Crippen molar-refractivity contribution >= 4 is 23.4 Å². The van der Waals surface area contributed by atoms with Crippen LogP contribution in [0.15, 0.2) is 41.4 Å². The first-order valence-electron chi connectivity index (χ1n) is 4.29. The molecule has 0 saturated heterocycles. The molecule has 0 fully saturated rings. The van der Waals surface area contributed by atoms with Gasteiger partial charge in [-0.15, -0.1) is 0 Å². The Bertz CT molecular complexity index is 396. The molecule has 0 unspecified atom stereocenters. The van der Waals surface area contributed by atoms with Crippen LogP contribution in [-0.4, -0.2) is 16.8 Å². The summed E-state index contributed by atoms with van der Waals surface area (Å²) >= 11 is 0.407. The average molecular weight is 245 g/mol. The van der Waals surface area contributed by atoms with E-state index in [1.165, 1.54) is 12.3 Å². The maximum atomic E-state index is 12.2. The molecule has 0 radical (unpaired) electrons. The van der Waals surface area contributed by atoms with Gasteiger partial charge in [-0.2, -0.15) is 8.78 Å². The Hall–Kier alpha value is -1.56. The third kappa shape index (κ3) is 4.31. The van der Waals surface area contributed by atoms with Crippen LogP contribution in [0.25, 0.3) is 0 Å². The number of carbonyl (C=O) groups is 1. The number of hydrogen-bond donors (Lipinski definition) is 2. The number of carboxylic acid groups (broad SMARTS) is 1. The molecule has 0 aliphatic rings. The Kier molecular flexibility index (Phi) is 4.78. The van der Waals surface area contributed by atoms with Crippen LogP contribution in [0.2, 0.25) is 0 Å². The third-order valence-corrected chi connectivity index (χ3v) is 2.36. The van der Waals surface area contributed by atoms with Gasteiger partial charge in [0, 0.05) is 17.2 Å². The van der Waals surface area contributed by atoms with E-state index in [1.54, 1.807) is 18.2 Å². The lowest BCUT2D eigenvalue weighted by Gasteiger charge is -2.07. The van der Waals surface area contributed by atoms with Crippen LogP contribution < -0.4 is 5.32 Å². The molecule has 2 N–H and O–H groups in total. The maximum Gasteiger partial charge on any atom is 0.329 e. The van der Waals surface area contributed by atoms with Gasteiger partial charge in [-0.3, -0.25) is 0 Å². The van der Waals surface area contributed by atoms with Crippen LogP contribution in [0.5, 0.6) is 0 Å². The van der Waals surface area contributed by atoms with Gasteiger partial charge >= 0.3 is 5.97 Å². The van der Waals surface area contributed by atoms with Crippen molar-refractivity contribution in [1.82, 2.24) is 0 Å². The second-order valence-electron chi connectivity index (χ2n) is 2.69. The Morgan fingerprint density at radius 2 is 2.12 bits per heavy atom. The Balaban J connectivity index is 2.74. The number of benzene rings is 1. The quantitative estimate of drug-likeness (QED) is 0.618. The molecular formula is C10H9F2NO2S. The Labute approximate surface area is 95.2 Å². The van der Waals surface area contributed by atoms with Crippen molar-refractivity contribution in [3.63, 3.8) is 0 Å². The van der Waals surface area contributed by atoms with Gasteiger partial charge in [0.15, 0.2) is 0 Å². The van der Waals surface area contributed by atoms with Crippen molar-refractivity contribution in [3.05, 3.63) is 36.5 Å². The molecule has 86 valence electrons. The van der Waals surface area contributed by atoms with E-state index < -0.39 is 11.7 Å². The summed E-state index contributed by atoms with van der Waals surface area (Å²) in [5, 5.41) is 11.0. The number of para-hydroxylation sites is 1. The maximum absolute atomic E-state index is 12.2. The largest absolute Gasteiger partial charge is 0.478 e. The van der Waals surface area contributed by atoms with Crippen LogP contribution in [0.1, 0.15) is 0 Å². The number of hydrogen-bond acceptors (Lipinski definition) is 3. The zero-order valence-electron chi connectivity index (χ0n) is 8.06. The Morgan fingerprint density at radius 1 is 1.44 bits per heavy atom. The van der Waals surface area contributed by atoms with Crippen molar-refractivity contribution < 1.29 is 18.7 Å². The van der Waals surface area contributed by atoms with Crippen molar-refractivity contribution in [2.24, 2.45) is 0 Å². The van der Waals surface area contributed by atoms with Gasteiger partial charge in [0.25, 0.3) is 5.76 Å². The fraction of sp³-hybridized carbons (Fsp3) is 0.100. The first kappa shape index (κ1) is 12.5. The lowest BCUT2D eigenvalue weighted by molar-refractivity contribution is -0.131. The van der Waals surface area contributed by atoms with Gasteiger partial charge in [-0.25, -0.2) is 4.79 Å². The molecule has 0 atom stereocenters. The van der Waals surface area contributed by atoms with Crippen molar-refractivity contribution in [3.8, 4) is 0 Å². The molecule has 0 bridgehead atoms. The summed E-state index contributed by atoms with van der Waals surface area (Å²) in [6.45, 7) is 0. The topological polar surface area (TPSA) is 49.3 Å². The lowest BCUT2D eigenvalue weighted by Crippen LogP contribution is -1.94. The van der Waals surface area contributed by atoms with Gasteiger partial charge < -0.3 is 10.4 Å². The van der Waals surface area contributed by atoms with Crippen molar-refractivity contribution in [2.75, 3.05) is 5.32 Å². The van der Waals surface area contributed by atoms with E-state index >= 15 is 0 Å². The van der Waals surface area contributed by atoms with E-state index in [2.05, 4.69) is 5.32 Å². The minimum atomic E-state index is -2.51. The van der Waals surface area contributed by atoms with Crippen LogP contribution in [0.4, 0.5) is 14.5 Å². The number of carboxylic acids is 1. The van der Waals surface area contributed by atoms with Crippen LogP contribution >= 0.6 is 11.8 Å². The first-order valence-corrected chi connectivity index (χ1v) is 5.17. The first-order chi connectivity index (χ1) is 7.59. The number of nitrogens with one attached hydrogen (secondary N) is 1. The molecule has 0 amide bonds. The lowest BCUT2D eigenvalue weighted by atomic mass is 10.3. The Morgan fingerprint density at radius 3 is 2.75 bits per heavy atom. The van der Waals surface area contributed by atoms with Gasteiger partial charge in [0.1, 0.15) is 0 Å². The second kappa shape index (κ2) is 6.12. The molecule has 0 aliphatic carbocycles. The molecule has 0 saturated carbocycles. The zero-order chi connectivity index (χ0) is 12.0. The summed E-state index contributed by atoms with van der Waals surface area (Å²) in [5.41, 5.74) is 0.449.